The van der Waals surface area contributed by atoms with Crippen LogP contribution in [0.25, 0.3) is 0 Å². The van der Waals surface area contributed by atoms with Crippen molar-refractivity contribution in [2.75, 3.05) is 43.6 Å². The Morgan fingerprint density at radius 2 is 2.05 bits per heavy atom. The number of nitrogens with zero attached hydrogens (tertiary/aromatic N) is 6. The van der Waals surface area contributed by atoms with Crippen molar-refractivity contribution in [3.63, 3.8) is 0 Å². The molecule has 2 amide bonds. The van der Waals surface area contributed by atoms with E-state index in [1.807, 2.05) is 43.2 Å². The summed E-state index contributed by atoms with van der Waals surface area (Å²) in [5, 5.41) is 30.1. The van der Waals surface area contributed by atoms with Gasteiger partial charge in [0.1, 0.15) is 11.4 Å². The van der Waals surface area contributed by atoms with Gasteiger partial charge < -0.3 is 41.1 Å². The fourth-order valence-corrected chi connectivity index (χ4v) is 5.93. The molecule has 4 rings (SSSR count). The monoisotopic (exact) mass is 633 g/mol. The zero-order valence-electron chi connectivity index (χ0n) is 23.8. The van der Waals surface area contributed by atoms with Crippen LogP contribution in [0.15, 0.2) is 41.0 Å². The summed E-state index contributed by atoms with van der Waals surface area (Å²) < 4.78 is 5.74. The number of carbonyl (C=O) groups excluding carboxylic acids is 3. The number of fused-ring (bicyclic) bond motifs is 1. The molecule has 0 bridgehead atoms. The van der Waals surface area contributed by atoms with Crippen molar-refractivity contribution in [2.24, 2.45) is 5.16 Å². The molecule has 1 fully saturated rings. The molecule has 2 aliphatic rings. The van der Waals surface area contributed by atoms with E-state index in [2.05, 4.69) is 30.0 Å². The van der Waals surface area contributed by atoms with Gasteiger partial charge in [-0.3, -0.25) is 14.5 Å². The number of carbonyl (C=O) groups is 4. The Morgan fingerprint density at radius 3 is 2.63 bits per heavy atom. The highest BCUT2D eigenvalue weighted by Gasteiger charge is 2.53. The molecule has 0 aromatic carbocycles. The zero-order chi connectivity index (χ0) is 31.5. The molecule has 16 nitrogen and oxygen atoms in total. The Bertz CT molecular complexity index is 1480. The molecule has 18 heteroatoms. The number of rotatable bonds is 13. The third-order valence-electron chi connectivity index (χ3n) is 6.66. The molecular formula is C25H31N9O7S2. The van der Waals surface area contributed by atoms with E-state index in [0.717, 1.165) is 35.2 Å². The second-order valence-electron chi connectivity index (χ2n) is 10.2. The number of carboxylic acid groups (broad SMARTS) is 2. The molecule has 0 radical (unpaired) electrons. The third-order valence-corrected chi connectivity index (χ3v) is 8.54. The topological polar surface area (TPSA) is 219 Å². The van der Waals surface area contributed by atoms with Crippen molar-refractivity contribution in [3.8, 4) is 0 Å². The molecule has 5 N–H and O–H groups in total. The molecule has 2 aromatic rings. The van der Waals surface area contributed by atoms with Crippen LogP contribution in [0.1, 0.15) is 19.7 Å². The van der Waals surface area contributed by atoms with Gasteiger partial charge in [-0.05, 0) is 20.9 Å². The van der Waals surface area contributed by atoms with Gasteiger partial charge in [-0.25, -0.2) is 9.36 Å². The summed E-state index contributed by atoms with van der Waals surface area (Å²) in [6.45, 7) is 4.30. The number of nitrogens with two attached hydrogens (primary N) is 1. The van der Waals surface area contributed by atoms with Crippen molar-refractivity contribution >= 4 is 63.6 Å². The molecule has 230 valence electrons. The fourth-order valence-electron chi connectivity index (χ4n) is 4.16. The molecule has 2 unspecified atom stereocenters. The highest BCUT2D eigenvalue weighted by atomic mass is 32.2. The summed E-state index contributed by atoms with van der Waals surface area (Å²) in [5.74, 6) is -4.40. The van der Waals surface area contributed by atoms with Crippen molar-refractivity contribution < 1.29 is 38.8 Å². The van der Waals surface area contributed by atoms with Crippen LogP contribution in [0.5, 0.6) is 0 Å². The van der Waals surface area contributed by atoms with Gasteiger partial charge in [-0.2, -0.15) is 9.36 Å². The number of nitrogens with one attached hydrogen (secondary N) is 2. The number of anilines is 2. The first-order valence-corrected chi connectivity index (χ1v) is 14.8. The lowest BCUT2D eigenvalue weighted by molar-refractivity contribution is -0.689. The summed E-state index contributed by atoms with van der Waals surface area (Å²) >= 11 is 2.06. The van der Waals surface area contributed by atoms with E-state index in [1.54, 1.807) is 0 Å². The standard InChI is InChI=1S/C25H31N9O7S2/c1-25(2,23(39)40)41-30-15(18-29-24(26)43-31-18)19(35)28-16-20(36)34-17(22(37)38)13(12-42-21(16)34)11-33-8-5-14(6-9-33)32(4)10-7-27-3/h5-6,8-9,16,21,27H,7,10-12H2,1-4H3,(H4-,26,28,29,31,35,37,38,39,40)/b30-15-. The lowest BCUT2D eigenvalue weighted by atomic mass is 10.0. The van der Waals surface area contributed by atoms with Crippen molar-refractivity contribution in [3.05, 3.63) is 41.6 Å². The number of hydrogen-bond donors (Lipinski definition) is 4. The number of carboxylic acids is 2. The first kappa shape index (κ1) is 31.6. The number of thioether (sulfide) groups is 1. The Hall–Kier alpha value is -4.29. The molecule has 0 aliphatic carbocycles. The smallest absolute Gasteiger partial charge is 0.350 e. The van der Waals surface area contributed by atoms with Gasteiger partial charge in [0.05, 0.1) is 11.7 Å². The van der Waals surface area contributed by atoms with E-state index in [1.165, 1.54) is 25.6 Å². The van der Waals surface area contributed by atoms with E-state index in [9.17, 15) is 29.4 Å². The van der Waals surface area contributed by atoms with E-state index < -0.39 is 46.5 Å². The van der Waals surface area contributed by atoms with Crippen molar-refractivity contribution in [1.82, 2.24) is 24.9 Å². The molecule has 43 heavy (non-hydrogen) atoms. The molecule has 0 saturated carbocycles. The Morgan fingerprint density at radius 1 is 1.35 bits per heavy atom. The maximum Gasteiger partial charge on any atom is 0.350 e. The number of oxime groups is 1. The quantitative estimate of drug-likeness (QED) is 0.0794. The molecule has 2 aliphatic heterocycles. The predicted octanol–water partition coefficient (Wildman–Crippen LogP) is -2.25. The van der Waals surface area contributed by atoms with Gasteiger partial charge in [0.25, 0.3) is 11.8 Å². The summed E-state index contributed by atoms with van der Waals surface area (Å²) in [7, 11) is 3.85. The molecule has 2 aromatic heterocycles. The van der Waals surface area contributed by atoms with Crippen molar-refractivity contribution in [1.29, 1.82) is 0 Å². The summed E-state index contributed by atoms with van der Waals surface area (Å²) in [5.41, 5.74) is 4.57. The minimum atomic E-state index is -1.79. The number of β-lactam (4-membered cyclic amide) rings is 1. The Kier molecular flexibility index (Phi) is 9.51. The lowest BCUT2D eigenvalue weighted by Crippen LogP contribution is -2.71. The van der Waals surface area contributed by atoms with Crippen LogP contribution in [-0.2, 0) is 30.6 Å². The van der Waals surface area contributed by atoms with Crippen LogP contribution in [0, 0.1) is 0 Å². The second-order valence-corrected chi connectivity index (χ2v) is 12.0. The number of likely N-dealkylation sites (N-methyl/N-ethyl adjacent to an activating group) is 2. The number of hydrogen-bond acceptors (Lipinski definition) is 14. The van der Waals surface area contributed by atoms with Gasteiger partial charge in [-0.1, -0.05) is 5.16 Å². The Labute approximate surface area is 254 Å². The summed E-state index contributed by atoms with van der Waals surface area (Å²) in [6, 6.07) is 2.72. The minimum Gasteiger partial charge on any atom is -0.543 e. The van der Waals surface area contributed by atoms with Crippen LogP contribution in [0.3, 0.4) is 0 Å². The number of nitrogen functional groups attached to an aromatic ring is 1. The number of amides is 2. The largest absolute Gasteiger partial charge is 0.543 e. The lowest BCUT2D eigenvalue weighted by Gasteiger charge is -2.50. The molecule has 4 heterocycles. The van der Waals surface area contributed by atoms with Crippen LogP contribution in [0.2, 0.25) is 0 Å². The normalized spacial score (nSPS) is 18.6. The fraction of sp³-hybridized carbons (Fsp3) is 0.440. The number of aliphatic carboxylic acids is 2. The van der Waals surface area contributed by atoms with Crippen molar-refractivity contribution in [2.45, 2.75) is 37.4 Å². The average molecular weight is 634 g/mol. The highest BCUT2D eigenvalue weighted by molar-refractivity contribution is 8.00. The van der Waals surface area contributed by atoms with Crippen LogP contribution in [0.4, 0.5) is 10.8 Å². The maximum atomic E-state index is 13.2. The van der Waals surface area contributed by atoms with E-state index in [4.69, 9.17) is 10.6 Å². The molecule has 2 atom stereocenters. The average Bonchev–Trinajstić information content (AvgIpc) is 3.40. The third kappa shape index (κ3) is 6.86. The van der Waals surface area contributed by atoms with E-state index >= 15 is 0 Å². The summed E-state index contributed by atoms with van der Waals surface area (Å²) in [4.78, 5) is 62.2. The number of pyridine rings is 1. The predicted molar refractivity (Wildman–Crippen MR) is 155 cm³/mol. The maximum absolute atomic E-state index is 13.2. The van der Waals surface area contributed by atoms with E-state index in [0.29, 0.717) is 5.57 Å². The van der Waals surface area contributed by atoms with E-state index in [-0.39, 0.29) is 29.0 Å². The molecular weight excluding hydrogens is 602 g/mol. The Balaban J connectivity index is 1.50. The minimum absolute atomic E-state index is 0.0197. The highest BCUT2D eigenvalue weighted by Crippen LogP contribution is 2.40. The first-order valence-electron chi connectivity index (χ1n) is 13.0. The SMILES string of the molecule is CNCCN(C)c1cc[n+](CC2=C(C(=O)[O-])N3C(=O)C(NC(=O)/C(=N\OC(C)(C)C(=O)O)c4nsc(N)n4)C3SC2)cc1. The first-order chi connectivity index (χ1) is 20.3. The van der Waals surface area contributed by atoms with Gasteiger partial charge in [-0.15, -0.1) is 11.8 Å². The van der Waals surface area contributed by atoms with Gasteiger partial charge in [0, 0.05) is 60.8 Å². The molecule has 0 spiro atoms. The molecule has 1 saturated heterocycles. The van der Waals surface area contributed by atoms with Crippen LogP contribution in [-0.4, -0.2) is 98.8 Å². The van der Waals surface area contributed by atoms with Gasteiger partial charge in [0.15, 0.2) is 24.1 Å². The zero-order valence-corrected chi connectivity index (χ0v) is 25.4. The summed E-state index contributed by atoms with van der Waals surface area (Å²) in [6.07, 6.45) is 3.66. The second kappa shape index (κ2) is 12.9. The van der Waals surface area contributed by atoms with Crippen LogP contribution < -0.4 is 30.9 Å². The van der Waals surface area contributed by atoms with Gasteiger partial charge >= 0.3 is 5.97 Å². The number of aromatic nitrogens is 3. The van der Waals surface area contributed by atoms with Gasteiger partial charge in [0.2, 0.25) is 17.1 Å². The van der Waals surface area contributed by atoms with Crippen LogP contribution >= 0.6 is 23.3 Å².